The molecule has 2 aliphatic heterocycles. The fraction of sp³-hybridized carbons (Fsp3) is 0.211. The second kappa shape index (κ2) is 6.75. The van der Waals surface area contributed by atoms with Crippen molar-refractivity contribution in [2.45, 2.75) is 17.7 Å². The van der Waals surface area contributed by atoms with Crippen molar-refractivity contribution in [2.75, 3.05) is 23.3 Å². The van der Waals surface area contributed by atoms with Gasteiger partial charge in [-0.25, -0.2) is 12.7 Å². The van der Waals surface area contributed by atoms with Crippen LogP contribution in [0.5, 0.6) is 0 Å². The smallest absolute Gasteiger partial charge is 0.269 e. The maximum absolute atomic E-state index is 12.5. The fourth-order valence-electron chi connectivity index (χ4n) is 3.36. The molecule has 1 saturated heterocycles. The molecule has 0 unspecified atom stereocenters. The van der Waals surface area contributed by atoms with Crippen LogP contribution < -0.4 is 10.2 Å². The maximum atomic E-state index is 12.5. The average Bonchev–Trinajstić information content (AvgIpc) is 3.18. The number of benzene rings is 2. The van der Waals surface area contributed by atoms with E-state index in [4.69, 9.17) is 0 Å². The second-order valence-electron chi connectivity index (χ2n) is 6.56. The quantitative estimate of drug-likeness (QED) is 0.841. The summed E-state index contributed by atoms with van der Waals surface area (Å²) in [7, 11) is -4.03. The lowest BCUT2D eigenvalue weighted by molar-refractivity contribution is -0.117. The largest absolute Gasteiger partial charge is 0.325 e. The molecule has 4 rings (SSSR count). The highest BCUT2D eigenvalue weighted by Crippen LogP contribution is 2.29. The number of carbonyl (C=O) groups is 3. The van der Waals surface area contributed by atoms with Crippen LogP contribution in [0.2, 0.25) is 0 Å². The van der Waals surface area contributed by atoms with Gasteiger partial charge in [0.15, 0.2) is 0 Å². The summed E-state index contributed by atoms with van der Waals surface area (Å²) in [5, 5.41) is 2.58. The lowest BCUT2D eigenvalue weighted by Crippen LogP contribution is -2.37. The van der Waals surface area contributed by atoms with Crippen LogP contribution in [0, 0.1) is 0 Å². The zero-order chi connectivity index (χ0) is 19.9. The van der Waals surface area contributed by atoms with Gasteiger partial charge >= 0.3 is 0 Å². The van der Waals surface area contributed by atoms with Crippen LogP contribution in [0.1, 0.15) is 23.2 Å². The van der Waals surface area contributed by atoms with Crippen molar-refractivity contribution in [3.63, 3.8) is 0 Å². The molecule has 9 heteroatoms. The summed E-state index contributed by atoms with van der Waals surface area (Å²) in [4.78, 5) is 38.0. The molecule has 0 bridgehead atoms. The minimum atomic E-state index is -4.03. The molecular formula is C19H17N3O5S. The molecule has 0 saturated carbocycles. The topological polar surface area (TPSA) is 104 Å². The molecule has 1 fully saturated rings. The number of anilines is 2. The van der Waals surface area contributed by atoms with Gasteiger partial charge in [-0.3, -0.25) is 14.4 Å². The van der Waals surface area contributed by atoms with Crippen LogP contribution in [0.25, 0.3) is 0 Å². The standard InChI is InChI=1S/C19H17N3O5S/c23-17(12-22-19(25)15-4-1-2-5-16(15)28(22,26)27)20-13-7-9-14(10-8-13)21-11-3-6-18(21)24/h1-2,4-5,7-10H,3,6,11-12H2,(H,20,23). The Labute approximate surface area is 161 Å². The van der Waals surface area contributed by atoms with Crippen LogP contribution in [0.3, 0.4) is 0 Å². The van der Waals surface area contributed by atoms with Gasteiger partial charge in [-0.2, -0.15) is 0 Å². The predicted octanol–water partition coefficient (Wildman–Crippen LogP) is 1.60. The van der Waals surface area contributed by atoms with Gasteiger partial charge < -0.3 is 10.2 Å². The number of carbonyl (C=O) groups excluding carboxylic acids is 3. The van der Waals surface area contributed by atoms with E-state index in [9.17, 15) is 22.8 Å². The molecule has 2 aromatic rings. The lowest BCUT2D eigenvalue weighted by atomic mass is 10.2. The van der Waals surface area contributed by atoms with E-state index < -0.39 is 28.4 Å². The number of amides is 3. The van der Waals surface area contributed by atoms with Crippen molar-refractivity contribution in [1.82, 2.24) is 4.31 Å². The molecular weight excluding hydrogens is 382 g/mol. The first-order valence-electron chi connectivity index (χ1n) is 8.74. The van der Waals surface area contributed by atoms with E-state index >= 15 is 0 Å². The molecule has 8 nitrogen and oxygen atoms in total. The Morgan fingerprint density at radius 1 is 1.04 bits per heavy atom. The molecule has 0 aliphatic carbocycles. The van der Waals surface area contributed by atoms with Crippen LogP contribution in [-0.2, 0) is 19.6 Å². The molecule has 0 aromatic heterocycles. The fourth-order valence-corrected chi connectivity index (χ4v) is 4.89. The Bertz CT molecular complexity index is 1080. The monoisotopic (exact) mass is 399 g/mol. The van der Waals surface area contributed by atoms with E-state index in [1.54, 1.807) is 35.2 Å². The Balaban J connectivity index is 1.45. The van der Waals surface area contributed by atoms with Gasteiger partial charge in [0.1, 0.15) is 11.4 Å². The molecule has 28 heavy (non-hydrogen) atoms. The molecule has 2 aliphatic rings. The number of hydrogen-bond acceptors (Lipinski definition) is 5. The highest BCUT2D eigenvalue weighted by Gasteiger charge is 2.41. The zero-order valence-electron chi connectivity index (χ0n) is 14.8. The minimum Gasteiger partial charge on any atom is -0.325 e. The molecule has 0 spiro atoms. The van der Waals surface area contributed by atoms with Gasteiger partial charge in [0.2, 0.25) is 11.8 Å². The molecule has 3 amide bonds. The first-order valence-corrected chi connectivity index (χ1v) is 10.2. The summed E-state index contributed by atoms with van der Waals surface area (Å²) in [6, 6.07) is 12.6. The van der Waals surface area contributed by atoms with Crippen molar-refractivity contribution >= 4 is 39.1 Å². The molecule has 1 N–H and O–H groups in total. The van der Waals surface area contributed by atoms with Gasteiger partial charge in [-0.05, 0) is 42.8 Å². The summed E-state index contributed by atoms with van der Waals surface area (Å²) in [5.41, 5.74) is 1.25. The third-order valence-corrected chi connectivity index (χ3v) is 6.52. The third kappa shape index (κ3) is 3.03. The Kier molecular flexibility index (Phi) is 4.38. The molecule has 2 aromatic carbocycles. The van der Waals surface area contributed by atoms with E-state index in [-0.39, 0.29) is 16.4 Å². The summed E-state index contributed by atoms with van der Waals surface area (Å²) in [5.74, 6) is -1.28. The SMILES string of the molecule is O=C(CN1C(=O)c2ccccc2S1(=O)=O)Nc1ccc(N2CCCC2=O)cc1. The van der Waals surface area contributed by atoms with E-state index in [0.29, 0.717) is 23.0 Å². The number of sulfonamides is 1. The van der Waals surface area contributed by atoms with Crippen LogP contribution >= 0.6 is 0 Å². The highest BCUT2D eigenvalue weighted by atomic mass is 32.2. The first kappa shape index (κ1) is 18.2. The van der Waals surface area contributed by atoms with Crippen molar-refractivity contribution in [3.05, 3.63) is 54.1 Å². The Hall–Kier alpha value is -3.20. The molecule has 144 valence electrons. The van der Waals surface area contributed by atoms with E-state index in [0.717, 1.165) is 12.1 Å². The lowest BCUT2D eigenvalue weighted by Gasteiger charge is -2.17. The van der Waals surface area contributed by atoms with Crippen molar-refractivity contribution in [1.29, 1.82) is 0 Å². The number of hydrogen-bond donors (Lipinski definition) is 1. The first-order chi connectivity index (χ1) is 13.4. The molecule has 0 atom stereocenters. The zero-order valence-corrected chi connectivity index (χ0v) is 15.6. The summed E-state index contributed by atoms with van der Waals surface area (Å²) in [6.45, 7) is 0.0578. The second-order valence-corrected chi connectivity index (χ2v) is 8.39. The van der Waals surface area contributed by atoms with Gasteiger partial charge in [0, 0.05) is 24.3 Å². The van der Waals surface area contributed by atoms with E-state index in [2.05, 4.69) is 5.32 Å². The maximum Gasteiger partial charge on any atom is 0.269 e. The Morgan fingerprint density at radius 3 is 2.39 bits per heavy atom. The molecule has 0 radical (unpaired) electrons. The number of nitrogens with one attached hydrogen (secondary N) is 1. The third-order valence-electron chi connectivity index (χ3n) is 4.74. The van der Waals surface area contributed by atoms with Crippen molar-refractivity contribution in [2.24, 2.45) is 0 Å². The van der Waals surface area contributed by atoms with Gasteiger partial charge in [0.25, 0.3) is 15.9 Å². The van der Waals surface area contributed by atoms with Crippen molar-refractivity contribution in [3.8, 4) is 0 Å². The average molecular weight is 399 g/mol. The van der Waals surface area contributed by atoms with E-state index in [1.165, 1.54) is 18.2 Å². The predicted molar refractivity (Wildman–Crippen MR) is 101 cm³/mol. The summed E-state index contributed by atoms with van der Waals surface area (Å²) in [6.07, 6.45) is 1.34. The van der Waals surface area contributed by atoms with Crippen molar-refractivity contribution < 1.29 is 22.8 Å². The van der Waals surface area contributed by atoms with Crippen LogP contribution in [-0.4, -0.2) is 43.5 Å². The van der Waals surface area contributed by atoms with Gasteiger partial charge in [-0.1, -0.05) is 12.1 Å². The molecule has 2 heterocycles. The normalized spacial score (nSPS) is 17.7. The number of nitrogens with zero attached hydrogens (tertiary/aromatic N) is 2. The minimum absolute atomic E-state index is 0.0640. The summed E-state index contributed by atoms with van der Waals surface area (Å²) < 4.78 is 25.6. The number of fused-ring (bicyclic) bond motifs is 1. The highest BCUT2D eigenvalue weighted by molar-refractivity contribution is 7.90. The van der Waals surface area contributed by atoms with Gasteiger partial charge in [-0.15, -0.1) is 0 Å². The number of rotatable bonds is 4. The van der Waals surface area contributed by atoms with Gasteiger partial charge in [0.05, 0.1) is 5.56 Å². The van der Waals surface area contributed by atoms with E-state index in [1.807, 2.05) is 0 Å². The van der Waals surface area contributed by atoms with Crippen LogP contribution in [0.4, 0.5) is 11.4 Å². The van der Waals surface area contributed by atoms with Crippen LogP contribution in [0.15, 0.2) is 53.4 Å². The summed E-state index contributed by atoms with van der Waals surface area (Å²) >= 11 is 0. The Morgan fingerprint density at radius 2 is 1.75 bits per heavy atom.